The van der Waals surface area contributed by atoms with Crippen LogP contribution in [0.4, 0.5) is 0 Å². The first kappa shape index (κ1) is 18.8. The number of aliphatic imine (C=N–C) groups is 1. The Morgan fingerprint density at radius 3 is 2.61 bits per heavy atom. The highest BCUT2D eigenvalue weighted by Gasteiger charge is 2.42. The Hall–Kier alpha value is -2.53. The van der Waals surface area contributed by atoms with E-state index in [-0.39, 0.29) is 0 Å². The zero-order valence-electron chi connectivity index (χ0n) is 16.6. The Labute approximate surface area is 167 Å². The fraction of sp³-hybridized carbons (Fsp3) is 0.435. The van der Waals surface area contributed by atoms with Crippen molar-refractivity contribution in [2.45, 2.75) is 26.0 Å². The van der Waals surface area contributed by atoms with E-state index < -0.39 is 0 Å². The molecule has 0 aliphatic carbocycles. The summed E-state index contributed by atoms with van der Waals surface area (Å²) in [6, 6.07) is 18.5. The predicted octanol–water partition coefficient (Wildman–Crippen LogP) is 3.45. The van der Waals surface area contributed by atoms with Gasteiger partial charge in [-0.15, -0.1) is 0 Å². The molecule has 4 rings (SSSR count). The number of benzene rings is 2. The lowest BCUT2D eigenvalue weighted by molar-refractivity contribution is 0.156. The van der Waals surface area contributed by atoms with E-state index in [1.807, 2.05) is 37.4 Å². The van der Waals surface area contributed by atoms with Crippen LogP contribution >= 0.6 is 0 Å². The van der Waals surface area contributed by atoms with Gasteiger partial charge in [-0.25, -0.2) is 0 Å². The van der Waals surface area contributed by atoms with E-state index in [2.05, 4.69) is 39.5 Å². The van der Waals surface area contributed by atoms with Crippen molar-refractivity contribution in [3.63, 3.8) is 0 Å². The number of likely N-dealkylation sites (tertiary alicyclic amines) is 1. The minimum Gasteiger partial charge on any atom is -0.489 e. The average Bonchev–Trinajstić information content (AvgIpc) is 3.38. The first-order valence-electron chi connectivity index (χ1n) is 10.1. The molecule has 2 aromatic rings. The first-order chi connectivity index (χ1) is 13.8. The summed E-state index contributed by atoms with van der Waals surface area (Å²) < 4.78 is 11.4. The van der Waals surface area contributed by atoms with E-state index in [9.17, 15) is 0 Å². The molecule has 5 heteroatoms. The normalized spacial score (nSPS) is 22.0. The van der Waals surface area contributed by atoms with E-state index in [0.29, 0.717) is 12.0 Å². The lowest BCUT2D eigenvalue weighted by atomic mass is 9.87. The SMILES string of the molecule is CN=C(NCc1ccc(COc2ccccc2)cc1)N1CCC2(CCOC2)C1. The highest BCUT2D eigenvalue weighted by molar-refractivity contribution is 5.80. The van der Waals surface area contributed by atoms with Crippen molar-refractivity contribution in [1.82, 2.24) is 10.2 Å². The zero-order valence-corrected chi connectivity index (χ0v) is 16.6. The third kappa shape index (κ3) is 4.47. The molecule has 0 aromatic heterocycles. The summed E-state index contributed by atoms with van der Waals surface area (Å²) in [5.74, 6) is 1.88. The van der Waals surface area contributed by atoms with Crippen molar-refractivity contribution in [2.24, 2.45) is 10.4 Å². The van der Waals surface area contributed by atoms with Gasteiger partial charge in [-0.2, -0.15) is 0 Å². The lowest BCUT2D eigenvalue weighted by Gasteiger charge is -2.25. The first-order valence-corrected chi connectivity index (χ1v) is 10.1. The standard InChI is InChI=1S/C23H29N3O2/c1-24-22(26-13-11-23(17-26)12-14-27-18-23)25-15-19-7-9-20(10-8-19)16-28-21-5-3-2-4-6-21/h2-10H,11-18H2,1H3,(H,24,25). The molecule has 1 unspecified atom stereocenters. The third-order valence-electron chi connectivity index (χ3n) is 5.76. The maximum Gasteiger partial charge on any atom is 0.193 e. The van der Waals surface area contributed by atoms with Gasteiger partial charge in [0.2, 0.25) is 0 Å². The van der Waals surface area contributed by atoms with Gasteiger partial charge in [0, 0.05) is 38.7 Å². The topological polar surface area (TPSA) is 46.1 Å². The molecule has 2 aliphatic heterocycles. The Kier molecular flexibility index (Phi) is 5.81. The molecule has 2 saturated heterocycles. The summed E-state index contributed by atoms with van der Waals surface area (Å²) in [6.45, 7) is 5.25. The molecule has 2 fully saturated rings. The predicted molar refractivity (Wildman–Crippen MR) is 111 cm³/mol. The minimum atomic E-state index is 0.345. The molecule has 0 radical (unpaired) electrons. The monoisotopic (exact) mass is 379 g/mol. The number of hydrogen-bond donors (Lipinski definition) is 1. The molecule has 2 aromatic carbocycles. The van der Waals surface area contributed by atoms with Crippen molar-refractivity contribution >= 4 is 5.96 Å². The molecular formula is C23H29N3O2. The second kappa shape index (κ2) is 8.65. The fourth-order valence-electron chi connectivity index (χ4n) is 4.04. The van der Waals surface area contributed by atoms with Crippen molar-refractivity contribution in [3.05, 3.63) is 65.7 Å². The van der Waals surface area contributed by atoms with Crippen LogP contribution in [0.25, 0.3) is 0 Å². The van der Waals surface area contributed by atoms with Gasteiger partial charge in [-0.1, -0.05) is 42.5 Å². The molecule has 0 amide bonds. The Morgan fingerprint density at radius 2 is 1.89 bits per heavy atom. The number of guanidine groups is 1. The minimum absolute atomic E-state index is 0.345. The molecule has 0 bridgehead atoms. The van der Waals surface area contributed by atoms with Crippen LogP contribution in [0.2, 0.25) is 0 Å². The largest absolute Gasteiger partial charge is 0.489 e. The second-order valence-corrected chi connectivity index (χ2v) is 7.79. The highest BCUT2D eigenvalue weighted by Crippen LogP contribution is 2.38. The Morgan fingerprint density at radius 1 is 1.11 bits per heavy atom. The van der Waals surface area contributed by atoms with E-state index >= 15 is 0 Å². The number of rotatable bonds is 5. The van der Waals surface area contributed by atoms with Crippen LogP contribution in [-0.2, 0) is 17.9 Å². The lowest BCUT2D eigenvalue weighted by Crippen LogP contribution is -2.41. The highest BCUT2D eigenvalue weighted by atomic mass is 16.5. The van der Waals surface area contributed by atoms with E-state index in [4.69, 9.17) is 9.47 Å². The van der Waals surface area contributed by atoms with E-state index in [1.165, 1.54) is 24.0 Å². The van der Waals surface area contributed by atoms with Gasteiger partial charge in [0.05, 0.1) is 6.61 Å². The number of para-hydroxylation sites is 1. The number of nitrogens with one attached hydrogen (secondary N) is 1. The maximum absolute atomic E-state index is 5.81. The summed E-state index contributed by atoms with van der Waals surface area (Å²) in [4.78, 5) is 6.86. The van der Waals surface area contributed by atoms with Gasteiger partial charge in [0.1, 0.15) is 12.4 Å². The summed E-state index contributed by atoms with van der Waals surface area (Å²) in [6.07, 6.45) is 2.37. The Balaban J connectivity index is 1.27. The maximum atomic E-state index is 5.81. The molecule has 1 spiro atoms. The number of hydrogen-bond acceptors (Lipinski definition) is 3. The third-order valence-corrected chi connectivity index (χ3v) is 5.76. The molecule has 148 valence electrons. The van der Waals surface area contributed by atoms with Gasteiger partial charge >= 0.3 is 0 Å². The van der Waals surface area contributed by atoms with Crippen molar-refractivity contribution < 1.29 is 9.47 Å². The molecule has 2 heterocycles. The summed E-state index contributed by atoms with van der Waals surface area (Å²) in [5, 5.41) is 3.52. The van der Waals surface area contributed by atoms with Crippen LogP contribution in [0, 0.1) is 5.41 Å². The van der Waals surface area contributed by atoms with E-state index in [0.717, 1.165) is 44.6 Å². The van der Waals surface area contributed by atoms with Crippen molar-refractivity contribution in [3.8, 4) is 5.75 Å². The smallest absolute Gasteiger partial charge is 0.193 e. The molecule has 28 heavy (non-hydrogen) atoms. The van der Waals surface area contributed by atoms with Gasteiger partial charge < -0.3 is 19.7 Å². The van der Waals surface area contributed by atoms with Gasteiger partial charge in [-0.3, -0.25) is 4.99 Å². The summed E-state index contributed by atoms with van der Waals surface area (Å²) in [5.41, 5.74) is 2.75. The van der Waals surface area contributed by atoms with Crippen LogP contribution in [0.15, 0.2) is 59.6 Å². The van der Waals surface area contributed by atoms with Gasteiger partial charge in [0.15, 0.2) is 5.96 Å². The molecule has 1 N–H and O–H groups in total. The van der Waals surface area contributed by atoms with Crippen molar-refractivity contribution in [2.75, 3.05) is 33.4 Å². The number of ether oxygens (including phenoxy) is 2. The molecule has 1 atom stereocenters. The quantitative estimate of drug-likeness (QED) is 0.638. The van der Waals surface area contributed by atoms with Crippen LogP contribution in [-0.4, -0.2) is 44.2 Å². The zero-order chi connectivity index (χ0) is 19.2. The number of nitrogens with zero attached hydrogens (tertiary/aromatic N) is 2. The van der Waals surface area contributed by atoms with E-state index in [1.54, 1.807) is 0 Å². The molecular weight excluding hydrogens is 350 g/mol. The second-order valence-electron chi connectivity index (χ2n) is 7.79. The van der Waals surface area contributed by atoms with Crippen LogP contribution in [0.3, 0.4) is 0 Å². The molecule has 0 saturated carbocycles. The summed E-state index contributed by atoms with van der Waals surface area (Å²) in [7, 11) is 1.86. The molecule has 5 nitrogen and oxygen atoms in total. The van der Waals surface area contributed by atoms with Gasteiger partial charge in [-0.05, 0) is 36.1 Å². The van der Waals surface area contributed by atoms with Crippen LogP contribution in [0.5, 0.6) is 5.75 Å². The fourth-order valence-corrected chi connectivity index (χ4v) is 4.04. The average molecular weight is 380 g/mol. The van der Waals surface area contributed by atoms with Crippen molar-refractivity contribution in [1.29, 1.82) is 0 Å². The molecule has 2 aliphatic rings. The van der Waals surface area contributed by atoms with Crippen LogP contribution < -0.4 is 10.1 Å². The van der Waals surface area contributed by atoms with Gasteiger partial charge in [0.25, 0.3) is 0 Å². The Bertz CT molecular complexity index is 783. The summed E-state index contributed by atoms with van der Waals surface area (Å²) >= 11 is 0. The van der Waals surface area contributed by atoms with Crippen LogP contribution in [0.1, 0.15) is 24.0 Å².